The van der Waals surface area contributed by atoms with E-state index in [4.69, 9.17) is 5.11 Å². The van der Waals surface area contributed by atoms with E-state index in [1.165, 1.54) is 0 Å². The van der Waals surface area contributed by atoms with Crippen LogP contribution in [0.5, 0.6) is 0 Å². The van der Waals surface area contributed by atoms with Crippen molar-refractivity contribution in [2.45, 2.75) is 18.9 Å². The zero-order valence-electron chi connectivity index (χ0n) is 7.97. The quantitative estimate of drug-likeness (QED) is 0.723. The highest BCUT2D eigenvalue weighted by Gasteiger charge is 2.25. The van der Waals surface area contributed by atoms with Crippen molar-refractivity contribution in [2.24, 2.45) is 0 Å². The van der Waals surface area contributed by atoms with Crippen LogP contribution in [0.3, 0.4) is 0 Å². The van der Waals surface area contributed by atoms with Crippen LogP contribution in [-0.4, -0.2) is 33.9 Å². The van der Waals surface area contributed by atoms with Crippen molar-refractivity contribution >= 4 is 5.97 Å². The lowest BCUT2D eigenvalue weighted by Gasteiger charge is -2.29. The third-order valence-electron chi connectivity index (χ3n) is 2.62. The number of nitrogens with zero attached hydrogens (tertiary/aromatic N) is 2. The molecule has 76 valence electrons. The molecule has 2 N–H and O–H groups in total. The third-order valence-corrected chi connectivity index (χ3v) is 2.62. The van der Waals surface area contributed by atoms with E-state index in [2.05, 4.69) is 10.4 Å². The van der Waals surface area contributed by atoms with Gasteiger partial charge in [-0.25, -0.2) is 0 Å². The van der Waals surface area contributed by atoms with Gasteiger partial charge in [-0.3, -0.25) is 9.48 Å². The molecule has 14 heavy (non-hydrogen) atoms. The zero-order chi connectivity index (χ0) is 10.1. The highest BCUT2D eigenvalue weighted by atomic mass is 16.4. The Morgan fingerprint density at radius 2 is 2.50 bits per heavy atom. The molecule has 1 fully saturated rings. The molecule has 1 unspecified atom stereocenters. The Kier molecular flexibility index (Phi) is 2.25. The molecular formula is C9H13N3O2. The number of hydrogen-bond donors (Lipinski definition) is 2. The first-order chi connectivity index (χ1) is 6.70. The summed E-state index contributed by atoms with van der Waals surface area (Å²) in [6.45, 7) is 3.43. The van der Waals surface area contributed by atoms with Gasteiger partial charge in [-0.15, -0.1) is 0 Å². The molecular weight excluding hydrogens is 182 g/mol. The van der Waals surface area contributed by atoms with Gasteiger partial charge in [-0.05, 0) is 13.0 Å². The molecule has 1 aliphatic rings. The van der Waals surface area contributed by atoms with Gasteiger partial charge in [0.1, 0.15) is 0 Å². The normalized spacial score (nSPS) is 18.9. The second-order valence-corrected chi connectivity index (χ2v) is 3.57. The van der Waals surface area contributed by atoms with Gasteiger partial charge in [-0.1, -0.05) is 0 Å². The Morgan fingerprint density at radius 1 is 1.79 bits per heavy atom. The lowest BCUT2D eigenvalue weighted by atomic mass is 10.1. The second-order valence-electron chi connectivity index (χ2n) is 3.57. The molecule has 1 atom stereocenters. The Labute approximate surface area is 81.7 Å². The molecule has 0 radical (unpaired) electrons. The highest BCUT2D eigenvalue weighted by Crippen LogP contribution is 2.20. The van der Waals surface area contributed by atoms with Crippen molar-refractivity contribution in [3.8, 4) is 0 Å². The minimum atomic E-state index is -0.806. The van der Waals surface area contributed by atoms with Gasteiger partial charge in [0, 0.05) is 19.3 Å². The fourth-order valence-electron chi connectivity index (χ4n) is 1.55. The topological polar surface area (TPSA) is 67.1 Å². The number of rotatable bonds is 3. The number of aliphatic carboxylic acids is 1. The summed E-state index contributed by atoms with van der Waals surface area (Å²) < 4.78 is 1.81. The largest absolute Gasteiger partial charge is 0.481 e. The first-order valence-electron chi connectivity index (χ1n) is 4.67. The fourth-order valence-corrected chi connectivity index (χ4v) is 1.55. The molecule has 1 saturated heterocycles. The third kappa shape index (κ3) is 1.39. The lowest BCUT2D eigenvalue weighted by Crippen LogP contribution is -2.44. The Balaban J connectivity index is 2.24. The average Bonchev–Trinajstić information content (AvgIpc) is 2.48. The SMILES string of the molecule is CC(C(=O)O)c1ccnn1C1CNC1. The molecule has 0 spiro atoms. The summed E-state index contributed by atoms with van der Waals surface area (Å²) in [6.07, 6.45) is 1.66. The minimum absolute atomic E-state index is 0.321. The van der Waals surface area contributed by atoms with E-state index in [1.54, 1.807) is 19.2 Å². The van der Waals surface area contributed by atoms with Gasteiger partial charge < -0.3 is 10.4 Å². The van der Waals surface area contributed by atoms with Crippen LogP contribution in [0.15, 0.2) is 12.3 Å². The van der Waals surface area contributed by atoms with Crippen LogP contribution in [0, 0.1) is 0 Å². The maximum absolute atomic E-state index is 10.8. The van der Waals surface area contributed by atoms with Crippen molar-refractivity contribution in [1.29, 1.82) is 0 Å². The Bertz CT molecular complexity index is 344. The van der Waals surface area contributed by atoms with Gasteiger partial charge in [0.25, 0.3) is 0 Å². The van der Waals surface area contributed by atoms with E-state index < -0.39 is 11.9 Å². The van der Waals surface area contributed by atoms with Gasteiger partial charge in [0.15, 0.2) is 0 Å². The Hall–Kier alpha value is -1.36. The maximum atomic E-state index is 10.8. The van der Waals surface area contributed by atoms with Crippen LogP contribution in [0.4, 0.5) is 0 Å². The molecule has 1 aromatic heterocycles. The fraction of sp³-hybridized carbons (Fsp3) is 0.556. The molecule has 0 aliphatic carbocycles. The molecule has 0 aromatic carbocycles. The van der Waals surface area contributed by atoms with E-state index in [-0.39, 0.29) is 0 Å². The van der Waals surface area contributed by atoms with Gasteiger partial charge >= 0.3 is 5.97 Å². The van der Waals surface area contributed by atoms with Crippen LogP contribution in [0.25, 0.3) is 0 Å². The van der Waals surface area contributed by atoms with Crippen LogP contribution in [0.1, 0.15) is 24.6 Å². The standard InChI is InChI=1S/C9H13N3O2/c1-6(9(13)14)8-2-3-11-12(8)7-4-10-5-7/h2-3,6-7,10H,4-5H2,1H3,(H,13,14). The number of carboxylic acid groups (broad SMARTS) is 1. The molecule has 0 saturated carbocycles. The molecule has 0 bridgehead atoms. The highest BCUT2D eigenvalue weighted by molar-refractivity contribution is 5.74. The van der Waals surface area contributed by atoms with Gasteiger partial charge in [-0.2, -0.15) is 5.10 Å². The summed E-state index contributed by atoms with van der Waals surface area (Å²) in [7, 11) is 0. The molecule has 1 aromatic rings. The van der Waals surface area contributed by atoms with E-state index in [0.29, 0.717) is 6.04 Å². The van der Waals surface area contributed by atoms with E-state index in [1.807, 2.05) is 4.68 Å². The first-order valence-corrected chi connectivity index (χ1v) is 4.67. The van der Waals surface area contributed by atoms with Crippen molar-refractivity contribution < 1.29 is 9.90 Å². The summed E-state index contributed by atoms with van der Waals surface area (Å²) in [6, 6.07) is 2.10. The van der Waals surface area contributed by atoms with Crippen LogP contribution in [0.2, 0.25) is 0 Å². The zero-order valence-corrected chi connectivity index (χ0v) is 7.97. The van der Waals surface area contributed by atoms with Gasteiger partial charge in [0.05, 0.1) is 17.7 Å². The average molecular weight is 195 g/mol. The van der Waals surface area contributed by atoms with Crippen LogP contribution in [-0.2, 0) is 4.79 Å². The maximum Gasteiger partial charge on any atom is 0.312 e. The summed E-state index contributed by atoms with van der Waals surface area (Å²) in [4.78, 5) is 10.8. The van der Waals surface area contributed by atoms with E-state index >= 15 is 0 Å². The predicted molar refractivity (Wildman–Crippen MR) is 50.2 cm³/mol. The number of carboxylic acids is 1. The number of hydrogen-bond acceptors (Lipinski definition) is 3. The number of aromatic nitrogens is 2. The molecule has 5 nitrogen and oxygen atoms in total. The molecule has 1 aliphatic heterocycles. The van der Waals surface area contributed by atoms with Crippen molar-refractivity contribution in [3.05, 3.63) is 18.0 Å². The molecule has 0 amide bonds. The van der Waals surface area contributed by atoms with E-state index in [0.717, 1.165) is 18.8 Å². The van der Waals surface area contributed by atoms with Gasteiger partial charge in [0.2, 0.25) is 0 Å². The van der Waals surface area contributed by atoms with Crippen LogP contribution >= 0.6 is 0 Å². The second kappa shape index (κ2) is 3.42. The summed E-state index contributed by atoms with van der Waals surface area (Å²) in [5.74, 6) is -1.29. The van der Waals surface area contributed by atoms with Crippen molar-refractivity contribution in [3.63, 3.8) is 0 Å². The number of nitrogens with one attached hydrogen (secondary N) is 1. The van der Waals surface area contributed by atoms with Crippen molar-refractivity contribution in [1.82, 2.24) is 15.1 Å². The molecule has 5 heteroatoms. The van der Waals surface area contributed by atoms with E-state index in [9.17, 15) is 4.79 Å². The summed E-state index contributed by atoms with van der Waals surface area (Å²) >= 11 is 0. The molecule has 2 heterocycles. The minimum Gasteiger partial charge on any atom is -0.481 e. The summed E-state index contributed by atoms with van der Waals surface area (Å²) in [5.41, 5.74) is 0.781. The smallest absolute Gasteiger partial charge is 0.312 e. The monoisotopic (exact) mass is 195 g/mol. The number of carbonyl (C=O) groups is 1. The predicted octanol–water partition coefficient (Wildman–Crippen LogP) is 0.215. The van der Waals surface area contributed by atoms with Crippen LogP contribution < -0.4 is 5.32 Å². The Morgan fingerprint density at radius 3 is 3.00 bits per heavy atom. The lowest BCUT2D eigenvalue weighted by molar-refractivity contribution is -0.138. The summed E-state index contributed by atoms with van der Waals surface area (Å²) in [5, 5.41) is 16.2. The van der Waals surface area contributed by atoms with Crippen molar-refractivity contribution in [2.75, 3.05) is 13.1 Å². The first kappa shape index (κ1) is 9.21. The molecule has 2 rings (SSSR count).